The van der Waals surface area contributed by atoms with E-state index in [4.69, 9.17) is 5.21 Å². The van der Waals surface area contributed by atoms with Crippen LogP contribution in [0.4, 0.5) is 0 Å². The van der Waals surface area contributed by atoms with E-state index in [1.54, 1.807) is 14.0 Å². The first-order valence-corrected chi connectivity index (χ1v) is 3.37. The molecule has 0 aliphatic heterocycles. The lowest BCUT2D eigenvalue weighted by atomic mass is 10.4. The molecule has 0 amide bonds. The molecule has 0 bridgehead atoms. The van der Waals surface area contributed by atoms with Crippen molar-refractivity contribution in [3.05, 3.63) is 27.9 Å². The summed E-state index contributed by atoms with van der Waals surface area (Å²) in [4.78, 5) is 15.1. The molecule has 12 heavy (non-hydrogen) atoms. The van der Waals surface area contributed by atoms with E-state index >= 15 is 0 Å². The van der Waals surface area contributed by atoms with Crippen LogP contribution in [0.25, 0.3) is 0 Å². The van der Waals surface area contributed by atoms with Crippen LogP contribution in [-0.2, 0) is 7.05 Å². The van der Waals surface area contributed by atoms with Gasteiger partial charge in [-0.2, -0.15) is 0 Å². The number of hydrogen-bond acceptors (Lipinski definition) is 4. The zero-order valence-corrected chi connectivity index (χ0v) is 6.85. The molecule has 5 heteroatoms. The quantitative estimate of drug-likeness (QED) is 0.360. The molecule has 0 saturated heterocycles. The maximum atomic E-state index is 11.1. The van der Waals surface area contributed by atoms with Crippen molar-refractivity contribution in [1.29, 1.82) is 0 Å². The zero-order valence-electron chi connectivity index (χ0n) is 6.85. The van der Waals surface area contributed by atoms with Crippen molar-refractivity contribution in [2.75, 3.05) is 0 Å². The van der Waals surface area contributed by atoms with Crippen molar-refractivity contribution in [1.82, 2.24) is 9.55 Å². The van der Waals surface area contributed by atoms with Gasteiger partial charge in [-0.1, -0.05) is 5.16 Å². The molecular weight excluding hydrogens is 158 g/mol. The van der Waals surface area contributed by atoms with Gasteiger partial charge in [-0.3, -0.25) is 9.36 Å². The minimum atomic E-state index is -0.169. The maximum Gasteiger partial charge on any atom is 0.253 e. The van der Waals surface area contributed by atoms with Crippen LogP contribution in [0.15, 0.2) is 16.0 Å². The molecule has 64 valence electrons. The summed E-state index contributed by atoms with van der Waals surface area (Å²) in [5, 5.41) is 11.0. The average molecular weight is 167 g/mol. The molecule has 1 rings (SSSR count). The summed E-state index contributed by atoms with van der Waals surface area (Å²) in [5.41, 5.74) is 0.436. The number of aryl methyl sites for hydroxylation is 1. The Balaban J connectivity index is 3.37. The Morgan fingerprint density at radius 2 is 2.42 bits per heavy atom. The van der Waals surface area contributed by atoms with E-state index in [0.717, 1.165) is 6.21 Å². The van der Waals surface area contributed by atoms with Gasteiger partial charge in [0.1, 0.15) is 6.21 Å². The van der Waals surface area contributed by atoms with Crippen LogP contribution in [0.3, 0.4) is 0 Å². The molecule has 1 N–H and O–H groups in total. The van der Waals surface area contributed by atoms with Crippen molar-refractivity contribution >= 4 is 6.21 Å². The summed E-state index contributed by atoms with van der Waals surface area (Å²) < 4.78 is 1.30. The van der Waals surface area contributed by atoms with Crippen LogP contribution in [0.2, 0.25) is 0 Å². The molecule has 1 heterocycles. The largest absolute Gasteiger partial charge is 0.411 e. The fourth-order valence-corrected chi connectivity index (χ4v) is 0.843. The fourth-order valence-electron chi connectivity index (χ4n) is 0.843. The maximum absolute atomic E-state index is 11.1. The summed E-state index contributed by atoms with van der Waals surface area (Å²) in [6, 6.07) is 1.41. The second-order valence-corrected chi connectivity index (χ2v) is 2.40. The molecule has 5 nitrogen and oxygen atoms in total. The van der Waals surface area contributed by atoms with Gasteiger partial charge in [0.25, 0.3) is 5.56 Å². The third kappa shape index (κ3) is 1.50. The Morgan fingerprint density at radius 3 is 3.00 bits per heavy atom. The van der Waals surface area contributed by atoms with Crippen molar-refractivity contribution in [2.24, 2.45) is 12.2 Å². The number of oxime groups is 1. The van der Waals surface area contributed by atoms with E-state index in [2.05, 4.69) is 10.1 Å². The predicted molar refractivity (Wildman–Crippen MR) is 43.6 cm³/mol. The van der Waals surface area contributed by atoms with E-state index in [-0.39, 0.29) is 5.56 Å². The molecule has 0 aliphatic carbocycles. The highest BCUT2D eigenvalue weighted by Gasteiger charge is 1.99. The zero-order chi connectivity index (χ0) is 9.14. The molecule has 0 aromatic carbocycles. The highest BCUT2D eigenvalue weighted by atomic mass is 16.4. The SMILES string of the molecule is Cc1cc(=O)n(C)c(/C=N/O)n1. The van der Waals surface area contributed by atoms with Gasteiger partial charge in [-0.15, -0.1) is 0 Å². The molecule has 0 fully saturated rings. The minimum Gasteiger partial charge on any atom is -0.411 e. The predicted octanol–water partition coefficient (Wildman–Crippen LogP) is -0.103. The first-order valence-electron chi connectivity index (χ1n) is 3.37. The molecule has 0 aliphatic rings. The van der Waals surface area contributed by atoms with E-state index in [1.807, 2.05) is 0 Å². The highest BCUT2D eigenvalue weighted by Crippen LogP contribution is 1.89. The number of rotatable bonds is 1. The monoisotopic (exact) mass is 167 g/mol. The number of hydrogen-bond donors (Lipinski definition) is 1. The molecule has 0 spiro atoms. The average Bonchev–Trinajstić information content (AvgIpc) is 2.00. The molecule has 0 atom stereocenters. The molecule has 0 unspecified atom stereocenters. The van der Waals surface area contributed by atoms with Gasteiger partial charge in [-0.05, 0) is 6.92 Å². The van der Waals surface area contributed by atoms with Crippen LogP contribution < -0.4 is 5.56 Å². The Labute approximate surface area is 69.0 Å². The molecule has 1 aromatic heterocycles. The first-order chi connectivity index (χ1) is 5.65. The summed E-state index contributed by atoms with van der Waals surface area (Å²) in [6.45, 7) is 1.70. The minimum absolute atomic E-state index is 0.169. The lowest BCUT2D eigenvalue weighted by Gasteiger charge is -2.01. The second kappa shape index (κ2) is 3.17. The smallest absolute Gasteiger partial charge is 0.253 e. The van der Waals surface area contributed by atoms with E-state index in [1.165, 1.54) is 10.6 Å². The number of nitrogens with zero attached hydrogens (tertiary/aromatic N) is 3. The van der Waals surface area contributed by atoms with Crippen LogP contribution in [0.1, 0.15) is 11.5 Å². The van der Waals surface area contributed by atoms with Crippen LogP contribution in [-0.4, -0.2) is 21.0 Å². The van der Waals surface area contributed by atoms with Gasteiger partial charge in [0.05, 0.1) is 0 Å². The summed E-state index contributed by atoms with van der Waals surface area (Å²) in [5.74, 6) is 0.336. The van der Waals surface area contributed by atoms with Gasteiger partial charge in [0.15, 0.2) is 5.82 Å². The van der Waals surface area contributed by atoms with Crippen molar-refractivity contribution in [3.8, 4) is 0 Å². The highest BCUT2D eigenvalue weighted by molar-refractivity contribution is 5.73. The Hall–Kier alpha value is -1.65. The van der Waals surface area contributed by atoms with Crippen molar-refractivity contribution < 1.29 is 5.21 Å². The van der Waals surface area contributed by atoms with Gasteiger partial charge < -0.3 is 5.21 Å². The van der Waals surface area contributed by atoms with Crippen LogP contribution in [0, 0.1) is 6.92 Å². The van der Waals surface area contributed by atoms with E-state index < -0.39 is 0 Å². The van der Waals surface area contributed by atoms with Gasteiger partial charge in [0.2, 0.25) is 0 Å². The van der Waals surface area contributed by atoms with Gasteiger partial charge in [0, 0.05) is 18.8 Å². The van der Waals surface area contributed by atoms with E-state index in [9.17, 15) is 4.79 Å². The molecular formula is C7H9N3O2. The van der Waals surface area contributed by atoms with E-state index in [0.29, 0.717) is 11.5 Å². The lowest BCUT2D eigenvalue weighted by Crippen LogP contribution is -2.21. The summed E-state index contributed by atoms with van der Waals surface area (Å²) in [6.07, 6.45) is 1.12. The second-order valence-electron chi connectivity index (χ2n) is 2.40. The third-order valence-electron chi connectivity index (χ3n) is 1.47. The Bertz CT molecular complexity index is 367. The van der Waals surface area contributed by atoms with Gasteiger partial charge in [-0.25, -0.2) is 4.98 Å². The third-order valence-corrected chi connectivity index (χ3v) is 1.47. The fraction of sp³-hybridized carbons (Fsp3) is 0.286. The molecule has 0 saturated carbocycles. The Kier molecular flexibility index (Phi) is 2.23. The van der Waals surface area contributed by atoms with Crippen LogP contribution in [0.5, 0.6) is 0 Å². The first kappa shape index (κ1) is 8.45. The van der Waals surface area contributed by atoms with Gasteiger partial charge >= 0.3 is 0 Å². The summed E-state index contributed by atoms with van der Waals surface area (Å²) >= 11 is 0. The summed E-state index contributed by atoms with van der Waals surface area (Å²) in [7, 11) is 1.56. The van der Waals surface area contributed by atoms with Crippen LogP contribution >= 0.6 is 0 Å². The number of aromatic nitrogens is 2. The lowest BCUT2D eigenvalue weighted by molar-refractivity contribution is 0.321. The molecule has 1 aromatic rings. The van der Waals surface area contributed by atoms with Crippen molar-refractivity contribution in [3.63, 3.8) is 0 Å². The topological polar surface area (TPSA) is 67.5 Å². The van der Waals surface area contributed by atoms with Crippen molar-refractivity contribution in [2.45, 2.75) is 6.92 Å². The Morgan fingerprint density at radius 1 is 1.75 bits per heavy atom. The standard InChI is InChI=1S/C7H9N3O2/c1-5-3-7(11)10(2)6(9-5)4-8-12/h3-4,12H,1-2H3/b8-4+. The molecule has 0 radical (unpaired) electrons. The normalized spacial score (nSPS) is 10.8.